The molecule has 0 aliphatic heterocycles. The van der Waals surface area contributed by atoms with Crippen molar-refractivity contribution in [3.8, 4) is 0 Å². The normalized spacial score (nSPS) is 12.1. The highest BCUT2D eigenvalue weighted by Crippen LogP contribution is 2.24. The van der Waals surface area contributed by atoms with Crippen LogP contribution < -0.4 is 0 Å². The van der Waals surface area contributed by atoms with Crippen LogP contribution in [0, 0.1) is 5.92 Å². The van der Waals surface area contributed by atoms with Crippen molar-refractivity contribution in [2.24, 2.45) is 5.92 Å². The Morgan fingerprint density at radius 1 is 1.21 bits per heavy atom. The van der Waals surface area contributed by atoms with Crippen molar-refractivity contribution >= 4 is 5.78 Å². The van der Waals surface area contributed by atoms with Gasteiger partial charge in [-0.25, -0.2) is 0 Å². The monoisotopic (exact) mass is 200 g/mol. The lowest BCUT2D eigenvalue weighted by molar-refractivity contribution is -0.146. The van der Waals surface area contributed by atoms with Gasteiger partial charge >= 0.3 is 0 Å². The minimum absolute atomic E-state index is 0.263. The summed E-state index contributed by atoms with van der Waals surface area (Å²) in [7, 11) is 0. The largest absolute Gasteiger partial charge is 0.368 e. The van der Waals surface area contributed by atoms with Gasteiger partial charge in [-0.2, -0.15) is 0 Å². The Morgan fingerprint density at radius 2 is 1.71 bits per heavy atom. The van der Waals surface area contributed by atoms with E-state index in [9.17, 15) is 4.79 Å². The molecule has 0 atom stereocenters. The number of carbonyl (C=O) groups excluding carboxylic acids is 1. The first kappa shape index (κ1) is 13.6. The summed E-state index contributed by atoms with van der Waals surface area (Å²) in [5.41, 5.74) is -0.515. The fraction of sp³-hybridized carbons (Fsp3) is 0.917. The molecule has 0 rings (SSSR count). The summed E-state index contributed by atoms with van der Waals surface area (Å²) in [6.07, 6.45) is 2.19. The number of ketones is 1. The Bertz CT molecular complexity index is 169. The molecule has 14 heavy (non-hydrogen) atoms. The summed E-state index contributed by atoms with van der Waals surface area (Å²) in [4.78, 5) is 12.0. The molecule has 0 amide bonds. The summed E-state index contributed by atoms with van der Waals surface area (Å²) < 4.78 is 5.64. The van der Waals surface area contributed by atoms with Gasteiger partial charge in [0.05, 0.1) is 0 Å². The smallest absolute Gasteiger partial charge is 0.164 e. The lowest BCUT2D eigenvalue weighted by atomic mass is 9.87. The van der Waals surface area contributed by atoms with E-state index < -0.39 is 5.60 Å². The molecular weight excluding hydrogens is 176 g/mol. The molecule has 0 aromatic carbocycles. The third-order valence-corrected chi connectivity index (χ3v) is 2.66. The van der Waals surface area contributed by atoms with E-state index >= 15 is 0 Å². The molecule has 2 heteroatoms. The molecule has 84 valence electrons. The highest BCUT2D eigenvalue weighted by atomic mass is 16.5. The molecule has 0 radical (unpaired) electrons. The molecule has 0 aliphatic rings. The van der Waals surface area contributed by atoms with E-state index in [1.54, 1.807) is 0 Å². The van der Waals surface area contributed by atoms with Crippen molar-refractivity contribution in [2.75, 3.05) is 6.61 Å². The maximum atomic E-state index is 12.0. The second-order valence-electron chi connectivity index (χ2n) is 4.16. The highest BCUT2D eigenvalue weighted by molar-refractivity contribution is 5.87. The van der Waals surface area contributed by atoms with E-state index in [1.165, 1.54) is 0 Å². The van der Waals surface area contributed by atoms with Crippen molar-refractivity contribution in [3.63, 3.8) is 0 Å². The fourth-order valence-electron chi connectivity index (χ4n) is 1.76. The molecule has 0 spiro atoms. The molecule has 0 aromatic rings. The lowest BCUT2D eigenvalue weighted by Gasteiger charge is -2.30. The van der Waals surface area contributed by atoms with E-state index in [0.29, 0.717) is 18.9 Å². The zero-order valence-corrected chi connectivity index (χ0v) is 10.2. The van der Waals surface area contributed by atoms with Crippen LogP contribution in [-0.4, -0.2) is 18.0 Å². The van der Waals surface area contributed by atoms with Gasteiger partial charge in [-0.05, 0) is 25.7 Å². The van der Waals surface area contributed by atoms with Crippen LogP contribution >= 0.6 is 0 Å². The second kappa shape index (κ2) is 6.18. The summed E-state index contributed by atoms with van der Waals surface area (Å²) >= 11 is 0. The maximum Gasteiger partial charge on any atom is 0.164 e. The molecule has 0 saturated carbocycles. The van der Waals surface area contributed by atoms with Crippen LogP contribution in [0.1, 0.15) is 53.9 Å². The molecule has 2 nitrogen and oxygen atoms in total. The molecule has 0 N–H and O–H groups in total. The molecule has 0 saturated heterocycles. The van der Waals surface area contributed by atoms with Gasteiger partial charge in [-0.15, -0.1) is 0 Å². The van der Waals surface area contributed by atoms with Crippen molar-refractivity contribution in [3.05, 3.63) is 0 Å². The summed E-state index contributed by atoms with van der Waals surface area (Å²) in [5, 5.41) is 0. The first-order chi connectivity index (χ1) is 6.52. The maximum absolute atomic E-state index is 12.0. The number of hydrogen-bond donors (Lipinski definition) is 0. The van der Waals surface area contributed by atoms with Crippen LogP contribution in [0.25, 0.3) is 0 Å². The van der Waals surface area contributed by atoms with Gasteiger partial charge in [-0.1, -0.05) is 27.7 Å². The van der Waals surface area contributed by atoms with Crippen molar-refractivity contribution in [1.29, 1.82) is 0 Å². The highest BCUT2D eigenvalue weighted by Gasteiger charge is 2.34. The molecule has 0 aromatic heterocycles. The van der Waals surface area contributed by atoms with Crippen LogP contribution in [0.4, 0.5) is 0 Å². The van der Waals surface area contributed by atoms with Gasteiger partial charge < -0.3 is 4.74 Å². The number of carbonyl (C=O) groups is 1. The van der Waals surface area contributed by atoms with Gasteiger partial charge in [0, 0.05) is 13.0 Å². The van der Waals surface area contributed by atoms with Gasteiger partial charge in [0.1, 0.15) is 5.60 Å². The molecule has 0 fully saturated rings. The molecule has 0 unspecified atom stereocenters. The van der Waals surface area contributed by atoms with Crippen LogP contribution in [0.2, 0.25) is 0 Å². The Balaban J connectivity index is 4.53. The van der Waals surface area contributed by atoms with Crippen molar-refractivity contribution in [1.82, 2.24) is 0 Å². The lowest BCUT2D eigenvalue weighted by Crippen LogP contribution is -2.41. The Labute approximate surface area is 88.0 Å². The van der Waals surface area contributed by atoms with E-state index in [-0.39, 0.29) is 5.78 Å². The van der Waals surface area contributed by atoms with E-state index in [4.69, 9.17) is 4.74 Å². The first-order valence-electron chi connectivity index (χ1n) is 5.69. The zero-order valence-electron chi connectivity index (χ0n) is 10.2. The topological polar surface area (TPSA) is 26.3 Å². The number of rotatable bonds is 7. The summed E-state index contributed by atoms with van der Waals surface area (Å²) in [5.74, 6) is 0.680. The Hall–Kier alpha value is -0.370. The van der Waals surface area contributed by atoms with Crippen LogP contribution in [0.5, 0.6) is 0 Å². The summed E-state index contributed by atoms with van der Waals surface area (Å²) in [6.45, 7) is 10.8. The van der Waals surface area contributed by atoms with Gasteiger partial charge in [0.25, 0.3) is 0 Å². The molecular formula is C12H24O2. The predicted octanol–water partition coefficient (Wildman–Crippen LogP) is 3.20. The standard InChI is InChI=1S/C12H24O2/c1-6-12(7-2,14-8-3)11(13)9-10(4)5/h10H,6-9H2,1-5H3. The zero-order chi connectivity index (χ0) is 11.2. The van der Waals surface area contributed by atoms with E-state index in [0.717, 1.165) is 12.8 Å². The second-order valence-corrected chi connectivity index (χ2v) is 4.16. The SMILES string of the molecule is CCOC(CC)(CC)C(=O)CC(C)C. The quantitative estimate of drug-likeness (QED) is 0.631. The molecule has 0 heterocycles. The minimum atomic E-state index is -0.515. The fourth-order valence-corrected chi connectivity index (χ4v) is 1.76. The Morgan fingerprint density at radius 3 is 2.00 bits per heavy atom. The average molecular weight is 200 g/mol. The number of Topliss-reactive ketones (excluding diaryl/α,β-unsaturated/α-hetero) is 1. The number of hydrogen-bond acceptors (Lipinski definition) is 2. The third-order valence-electron chi connectivity index (χ3n) is 2.66. The summed E-state index contributed by atoms with van der Waals surface area (Å²) in [6, 6.07) is 0. The number of ether oxygens (including phenoxy) is 1. The van der Waals surface area contributed by atoms with Gasteiger partial charge in [0.15, 0.2) is 5.78 Å². The van der Waals surface area contributed by atoms with Gasteiger partial charge in [0.2, 0.25) is 0 Å². The minimum Gasteiger partial charge on any atom is -0.368 e. The van der Waals surface area contributed by atoms with Crippen molar-refractivity contribution in [2.45, 2.75) is 59.5 Å². The first-order valence-corrected chi connectivity index (χ1v) is 5.69. The molecule has 0 aliphatic carbocycles. The third kappa shape index (κ3) is 3.41. The van der Waals surface area contributed by atoms with Crippen LogP contribution in [0.15, 0.2) is 0 Å². The molecule has 0 bridgehead atoms. The van der Waals surface area contributed by atoms with Crippen molar-refractivity contribution < 1.29 is 9.53 Å². The van der Waals surface area contributed by atoms with E-state index in [1.807, 2.05) is 20.8 Å². The average Bonchev–Trinajstić information content (AvgIpc) is 2.13. The predicted molar refractivity (Wildman–Crippen MR) is 59.4 cm³/mol. The van der Waals surface area contributed by atoms with Crippen LogP contribution in [0.3, 0.4) is 0 Å². The van der Waals surface area contributed by atoms with Crippen LogP contribution in [-0.2, 0) is 9.53 Å². The Kier molecular flexibility index (Phi) is 6.01. The van der Waals surface area contributed by atoms with E-state index in [2.05, 4.69) is 13.8 Å². The van der Waals surface area contributed by atoms with Gasteiger partial charge in [-0.3, -0.25) is 4.79 Å².